The molecule has 2 aromatic rings. The molecule has 1 fully saturated rings. The fraction of sp³-hybridized carbons (Fsp3) is 0.556. The predicted octanol–water partition coefficient (Wildman–Crippen LogP) is 3.23. The van der Waals surface area contributed by atoms with Crippen LogP contribution in [0.1, 0.15) is 20.8 Å². The summed E-state index contributed by atoms with van der Waals surface area (Å²) < 4.78 is 1.13. The third-order valence-electron chi connectivity index (χ3n) is 4.40. The van der Waals surface area contributed by atoms with Gasteiger partial charge in [0.05, 0.1) is 9.72 Å². The third-order valence-corrected chi connectivity index (χ3v) is 5.78. The Morgan fingerprint density at radius 1 is 1.28 bits per heavy atom. The van der Waals surface area contributed by atoms with Gasteiger partial charge in [-0.05, 0) is 12.1 Å². The number of hydrogen-bond donors (Lipinski definition) is 1. The van der Waals surface area contributed by atoms with Crippen molar-refractivity contribution in [2.24, 2.45) is 5.41 Å². The summed E-state index contributed by atoms with van der Waals surface area (Å²) in [5.74, 6) is 0.109. The molecule has 1 aromatic heterocycles. The lowest BCUT2D eigenvalue weighted by Gasteiger charge is -2.34. The molecule has 1 aromatic carbocycles. The maximum Gasteiger partial charge on any atom is 0.225 e. The van der Waals surface area contributed by atoms with E-state index in [4.69, 9.17) is 16.6 Å². The van der Waals surface area contributed by atoms with E-state index in [2.05, 4.69) is 21.2 Å². The van der Waals surface area contributed by atoms with Crippen molar-refractivity contribution < 1.29 is 4.79 Å². The van der Waals surface area contributed by atoms with E-state index in [-0.39, 0.29) is 11.3 Å². The highest BCUT2D eigenvalue weighted by molar-refractivity contribution is 7.22. The van der Waals surface area contributed by atoms with Crippen LogP contribution in [0.15, 0.2) is 18.2 Å². The van der Waals surface area contributed by atoms with Gasteiger partial charge in [-0.3, -0.25) is 9.69 Å². The van der Waals surface area contributed by atoms with Gasteiger partial charge in [0.1, 0.15) is 5.52 Å². The summed E-state index contributed by atoms with van der Waals surface area (Å²) in [4.78, 5) is 21.3. The van der Waals surface area contributed by atoms with Crippen molar-refractivity contribution >= 4 is 44.2 Å². The fourth-order valence-corrected chi connectivity index (χ4v) is 4.11. The summed E-state index contributed by atoms with van der Waals surface area (Å²) in [6.07, 6.45) is 0. The largest absolute Gasteiger partial charge is 0.354 e. The standard InChI is InChI=1S/C18H25ClN4OS/c1-18(2,3)16(24)20-7-8-22-9-11-23(12-10-22)17-21-15-13(19)5-4-6-14(15)25-17/h4-6H,7-12H2,1-3H3,(H,20,24). The number of para-hydroxylation sites is 1. The molecule has 0 atom stereocenters. The summed E-state index contributed by atoms with van der Waals surface area (Å²) in [6, 6.07) is 5.92. The molecule has 0 bridgehead atoms. The molecule has 25 heavy (non-hydrogen) atoms. The number of thiazole rings is 1. The number of rotatable bonds is 4. The Morgan fingerprint density at radius 3 is 2.64 bits per heavy atom. The van der Waals surface area contributed by atoms with E-state index >= 15 is 0 Å². The number of nitrogens with zero attached hydrogens (tertiary/aromatic N) is 3. The smallest absolute Gasteiger partial charge is 0.225 e. The number of hydrogen-bond acceptors (Lipinski definition) is 5. The maximum atomic E-state index is 11.9. The van der Waals surface area contributed by atoms with Crippen LogP contribution in [0.2, 0.25) is 5.02 Å². The first kappa shape index (κ1) is 18.4. The topological polar surface area (TPSA) is 48.5 Å². The van der Waals surface area contributed by atoms with E-state index in [1.165, 1.54) is 0 Å². The molecule has 2 heterocycles. The van der Waals surface area contributed by atoms with Crippen molar-refractivity contribution in [3.8, 4) is 0 Å². The Morgan fingerprint density at radius 2 is 2.00 bits per heavy atom. The lowest BCUT2D eigenvalue weighted by atomic mass is 9.96. The van der Waals surface area contributed by atoms with Gasteiger partial charge in [-0.25, -0.2) is 4.98 Å². The van der Waals surface area contributed by atoms with Gasteiger partial charge in [0.2, 0.25) is 5.91 Å². The van der Waals surface area contributed by atoms with Crippen LogP contribution in [0.25, 0.3) is 10.2 Å². The highest BCUT2D eigenvalue weighted by Crippen LogP contribution is 2.33. The Kier molecular flexibility index (Phi) is 5.51. The van der Waals surface area contributed by atoms with Gasteiger partial charge in [-0.15, -0.1) is 0 Å². The molecule has 1 saturated heterocycles. The minimum absolute atomic E-state index is 0.109. The molecular formula is C18H25ClN4OS. The number of fused-ring (bicyclic) bond motifs is 1. The van der Waals surface area contributed by atoms with Crippen LogP contribution in [0.3, 0.4) is 0 Å². The van der Waals surface area contributed by atoms with Crippen molar-refractivity contribution in [1.82, 2.24) is 15.2 Å². The van der Waals surface area contributed by atoms with E-state index in [1.54, 1.807) is 11.3 Å². The SMILES string of the molecule is CC(C)(C)C(=O)NCCN1CCN(c2nc3c(Cl)cccc3s2)CC1. The molecule has 0 spiro atoms. The number of aromatic nitrogens is 1. The molecular weight excluding hydrogens is 356 g/mol. The van der Waals surface area contributed by atoms with Gasteiger partial charge in [0, 0.05) is 44.7 Å². The summed E-state index contributed by atoms with van der Waals surface area (Å²) in [6.45, 7) is 11.3. The lowest BCUT2D eigenvalue weighted by molar-refractivity contribution is -0.128. The summed E-state index contributed by atoms with van der Waals surface area (Å²) in [5.41, 5.74) is 0.573. The van der Waals surface area contributed by atoms with Gasteiger partial charge in [0.15, 0.2) is 5.13 Å². The normalized spacial score (nSPS) is 16.4. The second-order valence-corrected chi connectivity index (χ2v) is 8.83. The second-order valence-electron chi connectivity index (χ2n) is 7.42. The van der Waals surface area contributed by atoms with Gasteiger partial charge in [-0.2, -0.15) is 0 Å². The average Bonchev–Trinajstić information content (AvgIpc) is 3.00. The molecule has 3 rings (SSSR count). The average molecular weight is 381 g/mol. The molecule has 1 N–H and O–H groups in total. The van der Waals surface area contributed by atoms with E-state index in [0.717, 1.165) is 48.1 Å². The lowest BCUT2D eigenvalue weighted by Crippen LogP contribution is -2.49. The molecule has 1 aliphatic heterocycles. The zero-order valence-electron chi connectivity index (χ0n) is 15.0. The number of anilines is 1. The van der Waals surface area contributed by atoms with Crippen LogP contribution in [-0.2, 0) is 4.79 Å². The molecule has 136 valence electrons. The Balaban J connectivity index is 1.50. The zero-order valence-corrected chi connectivity index (χ0v) is 16.6. The third kappa shape index (κ3) is 4.43. The Bertz CT molecular complexity index is 747. The zero-order chi connectivity index (χ0) is 18.0. The van der Waals surface area contributed by atoms with Crippen LogP contribution in [0, 0.1) is 5.41 Å². The van der Waals surface area contributed by atoms with Crippen LogP contribution < -0.4 is 10.2 Å². The van der Waals surface area contributed by atoms with E-state index < -0.39 is 0 Å². The van der Waals surface area contributed by atoms with Crippen molar-refractivity contribution in [2.45, 2.75) is 20.8 Å². The van der Waals surface area contributed by atoms with Crippen molar-refractivity contribution in [2.75, 3.05) is 44.2 Å². The van der Waals surface area contributed by atoms with Gasteiger partial charge in [0.25, 0.3) is 0 Å². The monoisotopic (exact) mass is 380 g/mol. The number of amides is 1. The summed E-state index contributed by atoms with van der Waals surface area (Å²) in [5, 5.41) is 4.78. The van der Waals surface area contributed by atoms with Crippen LogP contribution >= 0.6 is 22.9 Å². The fourth-order valence-electron chi connectivity index (χ4n) is 2.79. The van der Waals surface area contributed by atoms with Gasteiger partial charge in [-0.1, -0.05) is 49.8 Å². The van der Waals surface area contributed by atoms with E-state index in [9.17, 15) is 4.79 Å². The molecule has 1 aliphatic rings. The van der Waals surface area contributed by atoms with Crippen molar-refractivity contribution in [1.29, 1.82) is 0 Å². The van der Waals surface area contributed by atoms with E-state index in [0.29, 0.717) is 11.6 Å². The summed E-state index contributed by atoms with van der Waals surface area (Å²) in [7, 11) is 0. The highest BCUT2D eigenvalue weighted by atomic mass is 35.5. The number of halogens is 1. The first-order chi connectivity index (χ1) is 11.8. The van der Waals surface area contributed by atoms with Crippen LogP contribution in [0.4, 0.5) is 5.13 Å². The Hall–Kier alpha value is -1.37. The van der Waals surface area contributed by atoms with E-state index in [1.807, 2.05) is 32.9 Å². The minimum atomic E-state index is -0.327. The highest BCUT2D eigenvalue weighted by Gasteiger charge is 2.22. The Labute approximate surface area is 158 Å². The number of carbonyl (C=O) groups excluding carboxylic acids is 1. The minimum Gasteiger partial charge on any atom is -0.354 e. The van der Waals surface area contributed by atoms with Gasteiger partial charge < -0.3 is 10.2 Å². The molecule has 0 aliphatic carbocycles. The molecule has 7 heteroatoms. The van der Waals surface area contributed by atoms with Crippen LogP contribution in [-0.4, -0.2) is 55.1 Å². The number of carbonyl (C=O) groups is 1. The number of benzene rings is 1. The van der Waals surface area contributed by atoms with Crippen molar-refractivity contribution in [3.05, 3.63) is 23.2 Å². The van der Waals surface area contributed by atoms with Crippen molar-refractivity contribution in [3.63, 3.8) is 0 Å². The summed E-state index contributed by atoms with van der Waals surface area (Å²) >= 11 is 7.93. The molecule has 5 nitrogen and oxygen atoms in total. The number of nitrogens with one attached hydrogen (secondary N) is 1. The predicted molar refractivity (Wildman–Crippen MR) is 106 cm³/mol. The first-order valence-electron chi connectivity index (χ1n) is 8.65. The van der Waals surface area contributed by atoms with Crippen LogP contribution in [0.5, 0.6) is 0 Å². The molecule has 0 radical (unpaired) electrons. The second kappa shape index (κ2) is 7.48. The maximum absolute atomic E-state index is 11.9. The quantitative estimate of drug-likeness (QED) is 0.884. The molecule has 0 unspecified atom stereocenters. The molecule has 0 saturated carbocycles. The number of piperazine rings is 1. The molecule has 1 amide bonds. The van der Waals surface area contributed by atoms with Gasteiger partial charge >= 0.3 is 0 Å². The first-order valence-corrected chi connectivity index (χ1v) is 9.85.